The van der Waals surface area contributed by atoms with Crippen LogP contribution in [0.4, 0.5) is 0 Å². The SMILES string of the molecule is Brc1cncnc1.N#CC1CC(O)C1. The molecule has 2 rings (SSSR count). The van der Waals surface area contributed by atoms with Crippen molar-refractivity contribution in [1.82, 2.24) is 9.97 Å². The highest BCUT2D eigenvalue weighted by atomic mass is 79.9. The summed E-state index contributed by atoms with van der Waals surface area (Å²) in [6.07, 6.45) is 6.07. The number of rotatable bonds is 0. The van der Waals surface area contributed by atoms with Crippen LogP contribution in [0.1, 0.15) is 12.8 Å². The highest BCUT2D eigenvalue weighted by Crippen LogP contribution is 2.25. The Morgan fingerprint density at radius 1 is 1.43 bits per heavy atom. The number of hydrogen-bond acceptors (Lipinski definition) is 4. The van der Waals surface area contributed by atoms with Crippen molar-refractivity contribution in [3.63, 3.8) is 0 Å². The zero-order chi connectivity index (χ0) is 10.4. The Bertz CT molecular complexity index is 306. The third kappa shape index (κ3) is 3.81. The van der Waals surface area contributed by atoms with Gasteiger partial charge >= 0.3 is 0 Å². The molecule has 0 amide bonds. The summed E-state index contributed by atoms with van der Waals surface area (Å²) in [5.74, 6) is 0.148. The van der Waals surface area contributed by atoms with Gasteiger partial charge in [0, 0.05) is 12.4 Å². The van der Waals surface area contributed by atoms with Crippen LogP contribution in [0.3, 0.4) is 0 Å². The van der Waals surface area contributed by atoms with Gasteiger partial charge < -0.3 is 5.11 Å². The van der Waals surface area contributed by atoms with Crippen molar-refractivity contribution in [3.8, 4) is 6.07 Å². The zero-order valence-electron chi connectivity index (χ0n) is 7.47. The third-order valence-electron chi connectivity index (χ3n) is 1.82. The molecule has 1 N–H and O–H groups in total. The molecule has 0 unspecified atom stereocenters. The fourth-order valence-corrected chi connectivity index (χ4v) is 1.21. The minimum atomic E-state index is -0.176. The normalized spacial score (nSPS) is 23.8. The average Bonchev–Trinajstić information content (AvgIpc) is 2.15. The van der Waals surface area contributed by atoms with Crippen LogP contribution in [0, 0.1) is 17.2 Å². The third-order valence-corrected chi connectivity index (χ3v) is 2.23. The summed E-state index contributed by atoms with van der Waals surface area (Å²) in [6.45, 7) is 0. The molecule has 0 saturated heterocycles. The molecule has 0 radical (unpaired) electrons. The molecule has 5 heteroatoms. The van der Waals surface area contributed by atoms with E-state index in [1.54, 1.807) is 12.4 Å². The molecule has 1 heterocycles. The van der Waals surface area contributed by atoms with Crippen molar-refractivity contribution in [3.05, 3.63) is 23.2 Å². The van der Waals surface area contributed by atoms with Gasteiger partial charge in [-0.25, -0.2) is 9.97 Å². The van der Waals surface area contributed by atoms with Crippen LogP contribution in [-0.4, -0.2) is 21.2 Å². The summed E-state index contributed by atoms with van der Waals surface area (Å²) in [4.78, 5) is 7.45. The van der Waals surface area contributed by atoms with E-state index in [2.05, 4.69) is 32.0 Å². The molecule has 1 fully saturated rings. The van der Waals surface area contributed by atoms with Crippen LogP contribution >= 0.6 is 15.9 Å². The van der Waals surface area contributed by atoms with Gasteiger partial charge in [0.1, 0.15) is 6.33 Å². The molecule has 1 saturated carbocycles. The number of nitrogens with zero attached hydrogens (tertiary/aromatic N) is 3. The van der Waals surface area contributed by atoms with Gasteiger partial charge in [-0.05, 0) is 28.8 Å². The van der Waals surface area contributed by atoms with Crippen molar-refractivity contribution in [1.29, 1.82) is 5.26 Å². The number of hydrogen-bond donors (Lipinski definition) is 1. The molecular weight excluding hydrogens is 246 g/mol. The van der Waals surface area contributed by atoms with Gasteiger partial charge in [0.15, 0.2) is 0 Å². The summed E-state index contributed by atoms with van der Waals surface area (Å²) < 4.78 is 0.912. The van der Waals surface area contributed by atoms with Crippen LogP contribution < -0.4 is 0 Å². The van der Waals surface area contributed by atoms with Crippen molar-refractivity contribution < 1.29 is 5.11 Å². The minimum absolute atomic E-state index is 0.148. The Balaban J connectivity index is 0.000000140. The summed E-state index contributed by atoms with van der Waals surface area (Å²) in [5, 5.41) is 16.7. The summed E-state index contributed by atoms with van der Waals surface area (Å²) >= 11 is 3.19. The van der Waals surface area contributed by atoms with Crippen molar-refractivity contribution in [2.24, 2.45) is 5.92 Å². The lowest BCUT2D eigenvalue weighted by molar-refractivity contribution is 0.0657. The van der Waals surface area contributed by atoms with Crippen LogP contribution in [0.2, 0.25) is 0 Å². The maximum absolute atomic E-state index is 8.60. The average molecular weight is 256 g/mol. The van der Waals surface area contributed by atoms with Gasteiger partial charge in [0.25, 0.3) is 0 Å². The lowest BCUT2D eigenvalue weighted by Gasteiger charge is -2.24. The highest BCUT2D eigenvalue weighted by molar-refractivity contribution is 9.10. The first-order valence-corrected chi connectivity index (χ1v) is 5.00. The molecule has 0 bridgehead atoms. The van der Waals surface area contributed by atoms with Crippen molar-refractivity contribution >= 4 is 15.9 Å². The lowest BCUT2D eigenvalue weighted by atomic mass is 9.84. The molecule has 0 aromatic carbocycles. The molecule has 1 aliphatic carbocycles. The fraction of sp³-hybridized carbons (Fsp3) is 0.444. The van der Waals surface area contributed by atoms with E-state index in [1.165, 1.54) is 6.33 Å². The Morgan fingerprint density at radius 2 is 2.00 bits per heavy atom. The van der Waals surface area contributed by atoms with E-state index in [1.807, 2.05) is 0 Å². The molecule has 74 valence electrons. The molecule has 0 atom stereocenters. The second kappa shape index (κ2) is 5.68. The maximum Gasteiger partial charge on any atom is 0.115 e. The number of aliphatic hydroxyl groups is 1. The minimum Gasteiger partial charge on any atom is -0.393 e. The molecule has 4 nitrogen and oxygen atoms in total. The van der Waals surface area contributed by atoms with Gasteiger partial charge in [0.05, 0.1) is 22.6 Å². The van der Waals surface area contributed by atoms with Gasteiger partial charge in [-0.2, -0.15) is 5.26 Å². The first-order chi connectivity index (χ1) is 6.72. The fourth-order valence-electron chi connectivity index (χ4n) is 0.974. The van der Waals surface area contributed by atoms with Gasteiger partial charge in [0.2, 0.25) is 0 Å². The van der Waals surface area contributed by atoms with E-state index >= 15 is 0 Å². The smallest absolute Gasteiger partial charge is 0.115 e. The molecule has 1 aliphatic rings. The van der Waals surface area contributed by atoms with Crippen LogP contribution in [-0.2, 0) is 0 Å². The monoisotopic (exact) mass is 255 g/mol. The molecule has 14 heavy (non-hydrogen) atoms. The number of aliphatic hydroxyl groups excluding tert-OH is 1. The number of aromatic nitrogens is 2. The Morgan fingerprint density at radius 3 is 2.21 bits per heavy atom. The van der Waals surface area contributed by atoms with Gasteiger partial charge in [-0.3, -0.25) is 0 Å². The second-order valence-electron chi connectivity index (χ2n) is 3.01. The van der Waals surface area contributed by atoms with Crippen molar-refractivity contribution in [2.45, 2.75) is 18.9 Å². The van der Waals surface area contributed by atoms with Crippen molar-refractivity contribution in [2.75, 3.05) is 0 Å². The molecular formula is C9H10BrN3O. The highest BCUT2D eigenvalue weighted by Gasteiger charge is 2.26. The van der Waals surface area contributed by atoms with Crippen LogP contribution in [0.5, 0.6) is 0 Å². The molecule has 0 aliphatic heterocycles. The summed E-state index contributed by atoms with van der Waals surface area (Å²) in [7, 11) is 0. The van der Waals surface area contributed by atoms with Gasteiger partial charge in [-0.15, -0.1) is 0 Å². The van der Waals surface area contributed by atoms with Crippen LogP contribution in [0.25, 0.3) is 0 Å². The largest absolute Gasteiger partial charge is 0.393 e. The summed E-state index contributed by atoms with van der Waals surface area (Å²) in [5.41, 5.74) is 0. The molecule has 1 aromatic heterocycles. The number of nitriles is 1. The van der Waals surface area contributed by atoms with E-state index in [4.69, 9.17) is 10.4 Å². The Hall–Kier alpha value is -0.990. The van der Waals surface area contributed by atoms with E-state index in [-0.39, 0.29) is 12.0 Å². The van der Waals surface area contributed by atoms with E-state index in [9.17, 15) is 0 Å². The molecule has 0 spiro atoms. The second-order valence-corrected chi connectivity index (χ2v) is 3.92. The van der Waals surface area contributed by atoms with E-state index < -0.39 is 0 Å². The molecule has 1 aromatic rings. The van der Waals surface area contributed by atoms with Gasteiger partial charge in [-0.1, -0.05) is 0 Å². The Labute approximate surface area is 90.7 Å². The zero-order valence-corrected chi connectivity index (χ0v) is 9.05. The quantitative estimate of drug-likeness (QED) is 0.764. The standard InChI is InChI=1S/C5H7NO.C4H3BrN2/c6-3-4-1-5(7)2-4;5-4-1-6-3-7-2-4/h4-5,7H,1-2H2;1-3H. The van der Waals surface area contributed by atoms with E-state index in [0.717, 1.165) is 4.47 Å². The predicted molar refractivity (Wildman–Crippen MR) is 54.1 cm³/mol. The lowest BCUT2D eigenvalue weighted by Crippen LogP contribution is -2.26. The predicted octanol–water partition coefficient (Wildman–Crippen LogP) is 1.52. The Kier molecular flexibility index (Phi) is 4.50. The summed E-state index contributed by atoms with van der Waals surface area (Å²) in [6, 6.07) is 2.07. The number of halogens is 1. The van der Waals surface area contributed by atoms with E-state index in [0.29, 0.717) is 12.8 Å². The van der Waals surface area contributed by atoms with Crippen LogP contribution in [0.15, 0.2) is 23.2 Å². The maximum atomic E-state index is 8.60. The first-order valence-electron chi connectivity index (χ1n) is 4.20. The topological polar surface area (TPSA) is 69.8 Å². The first kappa shape index (κ1) is 11.1.